The van der Waals surface area contributed by atoms with Crippen molar-refractivity contribution < 1.29 is 4.79 Å². The molecule has 0 aromatic carbocycles. The Morgan fingerprint density at radius 2 is 2.19 bits per heavy atom. The van der Waals surface area contributed by atoms with Gasteiger partial charge in [-0.3, -0.25) is 14.8 Å². The molecule has 3 aromatic heterocycles. The van der Waals surface area contributed by atoms with Crippen molar-refractivity contribution in [3.05, 3.63) is 47.4 Å². The Hall–Kier alpha value is -2.85. The Kier molecular flexibility index (Phi) is 5.54. The quantitative estimate of drug-likeness (QED) is 0.650. The summed E-state index contributed by atoms with van der Waals surface area (Å²) in [6, 6.07) is 3.66. The van der Waals surface area contributed by atoms with E-state index in [2.05, 4.69) is 35.8 Å². The molecule has 0 aliphatic carbocycles. The minimum Gasteiger partial charge on any atom is -0.368 e. The van der Waals surface area contributed by atoms with E-state index in [0.29, 0.717) is 23.1 Å². The van der Waals surface area contributed by atoms with E-state index in [1.165, 1.54) is 17.5 Å². The number of carbonyl (C=O) groups is 1. The summed E-state index contributed by atoms with van der Waals surface area (Å²) in [6.45, 7) is 0.669. The van der Waals surface area contributed by atoms with Crippen LogP contribution >= 0.6 is 11.3 Å². The molecule has 136 valence electrons. The van der Waals surface area contributed by atoms with Gasteiger partial charge in [-0.05, 0) is 26.2 Å². The van der Waals surface area contributed by atoms with Gasteiger partial charge in [-0.25, -0.2) is 4.98 Å². The molecule has 1 amide bonds. The third-order valence-corrected chi connectivity index (χ3v) is 4.42. The maximum Gasteiger partial charge on any atom is 0.259 e. The van der Waals surface area contributed by atoms with Gasteiger partial charge in [0.25, 0.3) is 5.91 Å². The van der Waals surface area contributed by atoms with Gasteiger partial charge in [0.1, 0.15) is 11.3 Å². The molecule has 9 nitrogen and oxygen atoms in total. The fourth-order valence-corrected chi connectivity index (χ4v) is 2.88. The van der Waals surface area contributed by atoms with E-state index >= 15 is 0 Å². The molecule has 3 heterocycles. The van der Waals surface area contributed by atoms with Gasteiger partial charge in [-0.1, -0.05) is 11.3 Å². The minimum absolute atomic E-state index is 0.158. The van der Waals surface area contributed by atoms with Crippen molar-refractivity contribution in [2.24, 2.45) is 7.05 Å². The van der Waals surface area contributed by atoms with Crippen molar-refractivity contribution in [1.29, 1.82) is 0 Å². The summed E-state index contributed by atoms with van der Waals surface area (Å²) in [5.41, 5.74) is 3.14. The van der Waals surface area contributed by atoms with Gasteiger partial charge in [0.2, 0.25) is 5.13 Å². The maximum absolute atomic E-state index is 12.1. The van der Waals surface area contributed by atoms with Crippen LogP contribution < -0.4 is 10.6 Å². The molecule has 26 heavy (non-hydrogen) atoms. The molecule has 0 radical (unpaired) electrons. The number of anilines is 2. The van der Waals surface area contributed by atoms with Crippen LogP contribution in [0.1, 0.15) is 22.0 Å². The molecule has 1 atom stereocenters. The summed E-state index contributed by atoms with van der Waals surface area (Å²) in [6.07, 6.45) is 5.40. The number of hydrogen-bond donors (Lipinski definition) is 2. The molecule has 0 fully saturated rings. The van der Waals surface area contributed by atoms with Crippen LogP contribution in [0, 0.1) is 0 Å². The largest absolute Gasteiger partial charge is 0.368 e. The number of aryl methyl sites for hydroxylation is 1. The SMILES string of the molecule is CN(C)C(CNc1ccc(C(=O)Nc2nncs2)cn1)c1cnn(C)c1. The highest BCUT2D eigenvalue weighted by atomic mass is 32.1. The molecule has 0 saturated heterocycles. The first kappa shape index (κ1) is 18.0. The second kappa shape index (κ2) is 8.02. The summed E-state index contributed by atoms with van der Waals surface area (Å²) in [7, 11) is 5.94. The van der Waals surface area contributed by atoms with Crippen LogP contribution in [0.15, 0.2) is 36.2 Å². The number of likely N-dealkylation sites (N-methyl/N-ethyl adjacent to an activating group) is 1. The van der Waals surface area contributed by atoms with Gasteiger partial charge in [0.15, 0.2) is 0 Å². The zero-order valence-corrected chi connectivity index (χ0v) is 15.6. The Morgan fingerprint density at radius 1 is 1.35 bits per heavy atom. The molecule has 2 N–H and O–H groups in total. The summed E-state index contributed by atoms with van der Waals surface area (Å²) >= 11 is 1.26. The highest BCUT2D eigenvalue weighted by molar-refractivity contribution is 7.13. The van der Waals surface area contributed by atoms with Gasteiger partial charge in [0, 0.05) is 31.5 Å². The van der Waals surface area contributed by atoms with Crippen molar-refractivity contribution in [3.8, 4) is 0 Å². The number of rotatable bonds is 7. The number of nitrogens with zero attached hydrogens (tertiary/aromatic N) is 6. The van der Waals surface area contributed by atoms with Crippen LogP contribution in [-0.4, -0.2) is 56.4 Å². The van der Waals surface area contributed by atoms with Crippen molar-refractivity contribution >= 4 is 28.2 Å². The summed E-state index contributed by atoms with van der Waals surface area (Å²) in [4.78, 5) is 18.6. The van der Waals surface area contributed by atoms with E-state index in [9.17, 15) is 4.79 Å². The molecule has 3 aromatic rings. The van der Waals surface area contributed by atoms with Crippen molar-refractivity contribution in [1.82, 2.24) is 29.9 Å². The van der Waals surface area contributed by atoms with Crippen LogP contribution in [0.4, 0.5) is 10.9 Å². The van der Waals surface area contributed by atoms with Gasteiger partial charge in [-0.2, -0.15) is 5.10 Å². The van der Waals surface area contributed by atoms with Crippen LogP contribution in [-0.2, 0) is 7.05 Å². The lowest BCUT2D eigenvalue weighted by Gasteiger charge is -2.23. The average Bonchev–Trinajstić information content (AvgIpc) is 3.27. The lowest BCUT2D eigenvalue weighted by molar-refractivity contribution is 0.102. The normalized spacial score (nSPS) is 12.2. The first-order valence-electron chi connectivity index (χ1n) is 7.95. The lowest BCUT2D eigenvalue weighted by atomic mass is 10.1. The number of nitrogens with one attached hydrogen (secondary N) is 2. The van der Waals surface area contributed by atoms with Gasteiger partial charge >= 0.3 is 0 Å². The topological polar surface area (TPSA) is 101 Å². The number of carbonyl (C=O) groups excluding carboxylic acids is 1. The van der Waals surface area contributed by atoms with Crippen molar-refractivity contribution in [3.63, 3.8) is 0 Å². The van der Waals surface area contributed by atoms with Crippen LogP contribution in [0.2, 0.25) is 0 Å². The molecule has 0 spiro atoms. The maximum atomic E-state index is 12.1. The molecular weight excluding hydrogens is 352 g/mol. The van der Waals surface area contributed by atoms with Crippen molar-refractivity contribution in [2.75, 3.05) is 31.3 Å². The van der Waals surface area contributed by atoms with E-state index in [-0.39, 0.29) is 11.9 Å². The van der Waals surface area contributed by atoms with Crippen LogP contribution in [0.5, 0.6) is 0 Å². The van der Waals surface area contributed by atoms with Crippen LogP contribution in [0.3, 0.4) is 0 Å². The Labute approximate surface area is 155 Å². The first-order valence-corrected chi connectivity index (χ1v) is 8.83. The fraction of sp³-hybridized carbons (Fsp3) is 0.312. The second-order valence-electron chi connectivity index (χ2n) is 5.94. The number of aromatic nitrogens is 5. The average molecular weight is 372 g/mol. The highest BCUT2D eigenvalue weighted by Gasteiger charge is 2.16. The molecule has 10 heteroatoms. The zero-order chi connectivity index (χ0) is 18.5. The fourth-order valence-electron chi connectivity index (χ4n) is 2.44. The van der Waals surface area contributed by atoms with Gasteiger partial charge in [-0.15, -0.1) is 10.2 Å². The standard InChI is InChI=1S/C16H20N8OS/c1-23(2)13(12-7-20-24(3)9-12)8-18-14-5-4-11(6-17-14)15(25)21-16-22-19-10-26-16/h4-7,9-10,13H,8H2,1-3H3,(H,17,18)(H,21,22,25). The molecule has 0 aliphatic heterocycles. The van der Waals surface area contributed by atoms with E-state index in [4.69, 9.17) is 0 Å². The Bertz CT molecular complexity index is 844. The van der Waals surface area contributed by atoms with E-state index < -0.39 is 0 Å². The van der Waals surface area contributed by atoms with Crippen LogP contribution in [0.25, 0.3) is 0 Å². The minimum atomic E-state index is -0.262. The molecule has 0 bridgehead atoms. The summed E-state index contributed by atoms with van der Waals surface area (Å²) in [5, 5.41) is 18.1. The number of hydrogen-bond acceptors (Lipinski definition) is 8. The van der Waals surface area contributed by atoms with Gasteiger partial charge in [0.05, 0.1) is 17.8 Å². The van der Waals surface area contributed by atoms with Crippen molar-refractivity contribution in [2.45, 2.75) is 6.04 Å². The Morgan fingerprint density at radius 3 is 2.77 bits per heavy atom. The third-order valence-electron chi connectivity index (χ3n) is 3.82. The number of amides is 1. The zero-order valence-electron chi connectivity index (χ0n) is 14.7. The molecule has 1 unspecified atom stereocenters. The summed E-state index contributed by atoms with van der Waals surface area (Å²) in [5.74, 6) is 0.440. The smallest absolute Gasteiger partial charge is 0.259 e. The monoisotopic (exact) mass is 372 g/mol. The predicted octanol–water partition coefficient (Wildman–Crippen LogP) is 1.63. The molecule has 0 saturated carbocycles. The van der Waals surface area contributed by atoms with E-state index in [0.717, 1.165) is 5.56 Å². The molecular formula is C16H20N8OS. The third kappa shape index (κ3) is 4.41. The highest BCUT2D eigenvalue weighted by Crippen LogP contribution is 2.18. The van der Waals surface area contributed by atoms with Gasteiger partial charge < -0.3 is 10.2 Å². The summed E-state index contributed by atoms with van der Waals surface area (Å²) < 4.78 is 1.79. The first-order chi connectivity index (χ1) is 12.5. The predicted molar refractivity (Wildman–Crippen MR) is 100 cm³/mol. The second-order valence-corrected chi connectivity index (χ2v) is 6.77. The van der Waals surface area contributed by atoms with E-state index in [1.54, 1.807) is 22.3 Å². The molecule has 0 aliphatic rings. The number of pyridine rings is 1. The molecule has 3 rings (SSSR count). The Balaban J connectivity index is 1.60. The lowest BCUT2D eigenvalue weighted by Crippen LogP contribution is -2.26. The van der Waals surface area contributed by atoms with E-state index in [1.807, 2.05) is 33.5 Å².